The third kappa shape index (κ3) is 5.26. The van der Waals surface area contributed by atoms with Crippen molar-refractivity contribution in [2.24, 2.45) is 16.3 Å². The van der Waals surface area contributed by atoms with E-state index in [1.807, 2.05) is 11.8 Å². The Morgan fingerprint density at radius 3 is 2.84 bits per heavy atom. The third-order valence-corrected chi connectivity index (χ3v) is 8.16. The van der Waals surface area contributed by atoms with Crippen molar-refractivity contribution < 1.29 is 13.2 Å². The van der Waals surface area contributed by atoms with Crippen LogP contribution in [0.15, 0.2) is 4.99 Å². The van der Waals surface area contributed by atoms with E-state index in [1.54, 1.807) is 0 Å². The summed E-state index contributed by atoms with van der Waals surface area (Å²) >= 11 is 1.82. The molecule has 1 atom stereocenters. The van der Waals surface area contributed by atoms with Gasteiger partial charge in [0, 0.05) is 45.1 Å². The average molecular weight is 390 g/mol. The van der Waals surface area contributed by atoms with Crippen molar-refractivity contribution in [2.45, 2.75) is 25.7 Å². The molecule has 0 aromatic carbocycles. The second kappa shape index (κ2) is 8.48. The number of nitrogens with zero attached hydrogens (tertiary/aromatic N) is 2. The summed E-state index contributed by atoms with van der Waals surface area (Å²) in [4.78, 5) is 7.21. The van der Waals surface area contributed by atoms with Gasteiger partial charge >= 0.3 is 0 Å². The van der Waals surface area contributed by atoms with Crippen molar-refractivity contribution >= 4 is 27.6 Å². The number of likely N-dealkylation sites (tertiary alicyclic amines) is 1. The van der Waals surface area contributed by atoms with Gasteiger partial charge in [0.1, 0.15) is 0 Å². The van der Waals surface area contributed by atoms with Gasteiger partial charge in [0.2, 0.25) is 0 Å². The number of sulfone groups is 1. The molecule has 0 aromatic rings. The minimum Gasteiger partial charge on any atom is -0.381 e. The van der Waals surface area contributed by atoms with Crippen LogP contribution in [0.3, 0.4) is 0 Å². The summed E-state index contributed by atoms with van der Waals surface area (Å²) in [5.74, 6) is 2.83. The summed E-state index contributed by atoms with van der Waals surface area (Å²) < 4.78 is 28.9. The van der Waals surface area contributed by atoms with Crippen LogP contribution in [0.5, 0.6) is 0 Å². The molecule has 1 unspecified atom stereocenters. The number of ether oxygens (including phenoxy) is 1. The van der Waals surface area contributed by atoms with Gasteiger partial charge in [0.05, 0.1) is 11.5 Å². The number of guanidine groups is 1. The molecule has 6 nitrogen and oxygen atoms in total. The van der Waals surface area contributed by atoms with Gasteiger partial charge in [0.15, 0.2) is 15.8 Å². The summed E-state index contributed by atoms with van der Waals surface area (Å²) in [6.45, 7) is 5.35. The summed E-state index contributed by atoms with van der Waals surface area (Å²) in [6.07, 6.45) is 6.35. The van der Waals surface area contributed by atoms with Crippen LogP contribution in [0.1, 0.15) is 25.7 Å². The van der Waals surface area contributed by atoms with E-state index >= 15 is 0 Å². The van der Waals surface area contributed by atoms with E-state index in [0.29, 0.717) is 23.5 Å². The van der Waals surface area contributed by atoms with E-state index in [2.05, 4.69) is 16.5 Å². The third-order valence-electron chi connectivity index (χ3n) is 5.71. The maximum absolute atomic E-state index is 11.7. The van der Waals surface area contributed by atoms with E-state index in [4.69, 9.17) is 9.73 Å². The zero-order chi connectivity index (χ0) is 17.8. The Morgan fingerprint density at radius 1 is 1.36 bits per heavy atom. The van der Waals surface area contributed by atoms with Crippen molar-refractivity contribution in [3.8, 4) is 0 Å². The van der Waals surface area contributed by atoms with Gasteiger partial charge in [0.25, 0.3) is 0 Å². The highest BCUT2D eigenvalue weighted by molar-refractivity contribution is 7.98. The van der Waals surface area contributed by atoms with Crippen LogP contribution < -0.4 is 5.32 Å². The highest BCUT2D eigenvalue weighted by Crippen LogP contribution is 2.39. The smallest absolute Gasteiger partial charge is 0.193 e. The topological polar surface area (TPSA) is 71.0 Å². The van der Waals surface area contributed by atoms with Crippen molar-refractivity contribution in [3.05, 3.63) is 0 Å². The van der Waals surface area contributed by atoms with E-state index in [9.17, 15) is 8.42 Å². The fourth-order valence-corrected chi connectivity index (χ4v) is 6.25. The molecule has 3 aliphatic rings. The summed E-state index contributed by atoms with van der Waals surface area (Å²) in [5, 5.41) is 3.50. The Bertz CT molecular complexity index is 574. The highest BCUT2D eigenvalue weighted by Gasteiger charge is 2.40. The minimum absolute atomic E-state index is 0.182. The standard InChI is InChI=1S/C17H31N3O3S2/c1-24-10-6-18-16(19-12-15-2-11-25(21,22)13-15)20-7-3-17(14-20)4-8-23-9-5-17/h15H,2-14H2,1H3,(H,18,19). The summed E-state index contributed by atoms with van der Waals surface area (Å²) in [7, 11) is -2.83. The molecule has 1 spiro atoms. The zero-order valence-electron chi connectivity index (χ0n) is 15.2. The van der Waals surface area contributed by atoms with Crippen molar-refractivity contribution in [1.29, 1.82) is 0 Å². The predicted molar refractivity (Wildman–Crippen MR) is 104 cm³/mol. The zero-order valence-corrected chi connectivity index (χ0v) is 16.8. The molecular formula is C17H31N3O3S2. The molecule has 0 amide bonds. The molecule has 8 heteroatoms. The highest BCUT2D eigenvalue weighted by atomic mass is 32.2. The van der Waals surface area contributed by atoms with Crippen LogP contribution in [0.2, 0.25) is 0 Å². The Hall–Kier alpha value is -0.470. The molecule has 3 aliphatic heterocycles. The largest absolute Gasteiger partial charge is 0.381 e. The fraction of sp³-hybridized carbons (Fsp3) is 0.941. The molecule has 25 heavy (non-hydrogen) atoms. The van der Waals surface area contributed by atoms with Gasteiger partial charge in [-0.25, -0.2) is 8.42 Å². The molecule has 0 radical (unpaired) electrons. The molecule has 0 saturated carbocycles. The summed E-state index contributed by atoms with van der Waals surface area (Å²) in [6, 6.07) is 0. The number of hydrogen-bond donors (Lipinski definition) is 1. The average Bonchev–Trinajstić information content (AvgIpc) is 3.15. The predicted octanol–water partition coefficient (Wildman–Crippen LogP) is 1.23. The second-order valence-electron chi connectivity index (χ2n) is 7.64. The first kappa shape index (κ1) is 19.3. The molecule has 3 fully saturated rings. The number of thioether (sulfide) groups is 1. The fourth-order valence-electron chi connectivity index (χ4n) is 4.09. The molecule has 1 N–H and O–H groups in total. The molecule has 3 saturated heterocycles. The maximum atomic E-state index is 11.7. The minimum atomic E-state index is -2.83. The second-order valence-corrected chi connectivity index (χ2v) is 10.9. The first-order valence-electron chi connectivity index (χ1n) is 9.32. The lowest BCUT2D eigenvalue weighted by Gasteiger charge is -2.33. The Kier molecular flexibility index (Phi) is 6.55. The van der Waals surface area contributed by atoms with Crippen molar-refractivity contribution in [1.82, 2.24) is 10.2 Å². The number of aliphatic imine (C=N–C) groups is 1. The molecular weight excluding hydrogens is 358 g/mol. The van der Waals surface area contributed by atoms with E-state index < -0.39 is 9.84 Å². The van der Waals surface area contributed by atoms with Gasteiger partial charge in [-0.3, -0.25) is 4.99 Å². The lowest BCUT2D eigenvalue weighted by molar-refractivity contribution is 0.0217. The van der Waals surface area contributed by atoms with Crippen LogP contribution in [0.4, 0.5) is 0 Å². The molecule has 3 heterocycles. The molecule has 144 valence electrons. The monoisotopic (exact) mass is 389 g/mol. The first-order chi connectivity index (χ1) is 12.0. The number of hydrogen-bond acceptors (Lipinski definition) is 5. The lowest BCUT2D eigenvalue weighted by atomic mass is 9.80. The maximum Gasteiger partial charge on any atom is 0.193 e. The van der Waals surface area contributed by atoms with Crippen LogP contribution >= 0.6 is 11.8 Å². The molecule has 0 aliphatic carbocycles. The summed E-state index contributed by atoms with van der Waals surface area (Å²) in [5.41, 5.74) is 0.386. The Balaban J connectivity index is 1.61. The van der Waals surface area contributed by atoms with E-state index in [1.165, 1.54) is 6.42 Å². The molecule has 0 aromatic heterocycles. The molecule has 3 rings (SSSR count). The first-order valence-corrected chi connectivity index (χ1v) is 12.5. The van der Waals surface area contributed by atoms with Gasteiger partial charge in [-0.15, -0.1) is 0 Å². The van der Waals surface area contributed by atoms with Gasteiger partial charge in [-0.05, 0) is 43.3 Å². The number of nitrogens with one attached hydrogen (secondary N) is 1. The van der Waals surface area contributed by atoms with Gasteiger partial charge in [-0.1, -0.05) is 0 Å². The van der Waals surface area contributed by atoms with Gasteiger partial charge in [-0.2, -0.15) is 11.8 Å². The number of rotatable bonds is 5. The van der Waals surface area contributed by atoms with Crippen molar-refractivity contribution in [2.75, 3.05) is 62.9 Å². The lowest BCUT2D eigenvalue weighted by Crippen LogP contribution is -2.43. The van der Waals surface area contributed by atoms with E-state index in [0.717, 1.165) is 63.8 Å². The van der Waals surface area contributed by atoms with Crippen molar-refractivity contribution in [3.63, 3.8) is 0 Å². The van der Waals surface area contributed by atoms with Crippen LogP contribution in [-0.2, 0) is 14.6 Å². The Morgan fingerprint density at radius 2 is 2.16 bits per heavy atom. The Labute approximate surface area is 156 Å². The van der Waals surface area contributed by atoms with Crippen LogP contribution in [0.25, 0.3) is 0 Å². The van der Waals surface area contributed by atoms with E-state index in [-0.39, 0.29) is 5.92 Å². The van der Waals surface area contributed by atoms with Gasteiger partial charge < -0.3 is 15.0 Å². The molecule has 0 bridgehead atoms. The normalized spacial score (nSPS) is 28.6. The SMILES string of the molecule is CSCCNC(=NCC1CCS(=O)(=O)C1)N1CCC2(CCOCC2)C1. The van der Waals surface area contributed by atoms with Crippen LogP contribution in [-0.4, -0.2) is 82.2 Å². The quantitative estimate of drug-likeness (QED) is 0.433. The van der Waals surface area contributed by atoms with Crippen LogP contribution in [0, 0.1) is 11.3 Å².